The number of hydrogen-bond acceptors (Lipinski definition) is 6. The smallest absolute Gasteiger partial charge is 0.406 e. The van der Waals surface area contributed by atoms with Gasteiger partial charge in [-0.25, -0.2) is 17.7 Å². The summed E-state index contributed by atoms with van der Waals surface area (Å²) in [6, 6.07) is 7.41. The number of hydrogen-bond donors (Lipinski definition) is 1. The summed E-state index contributed by atoms with van der Waals surface area (Å²) in [4.78, 5) is 5.73. The molecule has 2 N–H and O–H groups in total. The molecule has 0 bridgehead atoms. The summed E-state index contributed by atoms with van der Waals surface area (Å²) in [5.41, 5.74) is 6.01. The first-order valence-corrected chi connectivity index (χ1v) is 10.5. The molecule has 1 atom stereocenters. The number of nitrogens with zero attached hydrogens (tertiary/aromatic N) is 2. The van der Waals surface area contributed by atoms with Gasteiger partial charge in [-0.1, -0.05) is 12.1 Å². The van der Waals surface area contributed by atoms with Crippen molar-refractivity contribution < 1.29 is 26.3 Å². The lowest BCUT2D eigenvalue weighted by Gasteiger charge is -2.34. The molecule has 2 aromatic rings. The van der Waals surface area contributed by atoms with Gasteiger partial charge in [0.2, 0.25) is 16.0 Å². The van der Waals surface area contributed by atoms with Crippen LogP contribution in [0.4, 0.5) is 13.2 Å². The van der Waals surface area contributed by atoms with Crippen molar-refractivity contribution in [1.82, 2.24) is 4.31 Å². The molecule has 152 valence electrons. The first-order chi connectivity index (χ1) is 12.8. The van der Waals surface area contributed by atoms with Crippen molar-refractivity contribution >= 4 is 27.3 Å². The van der Waals surface area contributed by atoms with E-state index in [4.69, 9.17) is 5.73 Å². The van der Waals surface area contributed by atoms with E-state index in [0.29, 0.717) is 15.3 Å². The van der Waals surface area contributed by atoms with Crippen LogP contribution in [-0.4, -0.2) is 37.8 Å². The number of sulfonamides is 1. The highest BCUT2D eigenvalue weighted by Crippen LogP contribution is 2.42. The summed E-state index contributed by atoms with van der Waals surface area (Å²) in [5, 5.41) is 0. The fraction of sp³-hybridized carbons (Fsp3) is 0.353. The van der Waals surface area contributed by atoms with Crippen LogP contribution in [0.25, 0.3) is 10.4 Å². The van der Waals surface area contributed by atoms with Crippen molar-refractivity contribution in [3.8, 4) is 16.2 Å². The van der Waals surface area contributed by atoms with E-state index in [1.54, 1.807) is 26.0 Å². The lowest BCUT2D eigenvalue weighted by atomic mass is 10.00. The fourth-order valence-corrected chi connectivity index (χ4v) is 5.86. The molecule has 0 radical (unpaired) electrons. The number of nitrogens with two attached hydrogens (primary N) is 1. The summed E-state index contributed by atoms with van der Waals surface area (Å²) in [7, 11) is -2.29. The van der Waals surface area contributed by atoms with Crippen LogP contribution in [0.1, 0.15) is 17.4 Å². The number of guanidine groups is 1. The molecule has 28 heavy (non-hydrogen) atoms. The largest absolute Gasteiger partial charge is 0.573 e. The highest BCUT2D eigenvalue weighted by atomic mass is 32.2. The van der Waals surface area contributed by atoms with Crippen LogP contribution in [0.3, 0.4) is 0 Å². The lowest BCUT2D eigenvalue weighted by molar-refractivity contribution is -0.274. The molecule has 2 heterocycles. The zero-order valence-electron chi connectivity index (χ0n) is 15.2. The Bertz CT molecular complexity index is 1050. The molecule has 0 fully saturated rings. The second-order valence-electron chi connectivity index (χ2n) is 6.67. The van der Waals surface area contributed by atoms with Gasteiger partial charge in [0.1, 0.15) is 11.3 Å². The van der Waals surface area contributed by atoms with Gasteiger partial charge in [-0.15, -0.1) is 24.5 Å². The molecular weight excluding hydrogens is 415 g/mol. The second kappa shape index (κ2) is 6.66. The predicted octanol–water partition coefficient (Wildman–Crippen LogP) is 3.43. The van der Waals surface area contributed by atoms with Crippen molar-refractivity contribution in [3.05, 3.63) is 40.8 Å². The van der Waals surface area contributed by atoms with Crippen LogP contribution in [0.5, 0.6) is 5.75 Å². The van der Waals surface area contributed by atoms with Gasteiger partial charge in [-0.3, -0.25) is 0 Å². The number of aryl methyl sites for hydroxylation is 1. The van der Waals surface area contributed by atoms with Crippen molar-refractivity contribution in [1.29, 1.82) is 0 Å². The Morgan fingerprint density at radius 3 is 2.61 bits per heavy atom. The Labute approximate surface area is 164 Å². The van der Waals surface area contributed by atoms with Crippen LogP contribution in [0.15, 0.2) is 35.3 Å². The number of thiophene rings is 1. The van der Waals surface area contributed by atoms with Gasteiger partial charge in [0.05, 0.1) is 5.75 Å². The van der Waals surface area contributed by atoms with Crippen LogP contribution in [0.2, 0.25) is 0 Å². The molecule has 0 spiro atoms. The zero-order valence-corrected chi connectivity index (χ0v) is 16.9. The zero-order chi connectivity index (χ0) is 20.9. The van der Waals surface area contributed by atoms with Crippen molar-refractivity contribution in [3.63, 3.8) is 0 Å². The molecule has 0 saturated carbocycles. The molecule has 1 aromatic carbocycles. The van der Waals surface area contributed by atoms with Gasteiger partial charge in [0, 0.05) is 16.8 Å². The molecule has 1 aromatic heterocycles. The average Bonchev–Trinajstić information content (AvgIpc) is 2.94. The number of rotatable bonds is 3. The molecule has 6 nitrogen and oxygen atoms in total. The van der Waals surface area contributed by atoms with E-state index in [1.165, 1.54) is 36.6 Å². The molecule has 0 saturated heterocycles. The highest BCUT2D eigenvalue weighted by Gasteiger charge is 2.42. The predicted molar refractivity (Wildman–Crippen MR) is 102 cm³/mol. The van der Waals surface area contributed by atoms with Crippen LogP contribution >= 0.6 is 11.3 Å². The van der Waals surface area contributed by atoms with E-state index < -0.39 is 21.9 Å². The maximum atomic E-state index is 12.5. The van der Waals surface area contributed by atoms with Gasteiger partial charge in [0.25, 0.3) is 0 Å². The van der Waals surface area contributed by atoms with Gasteiger partial charge >= 0.3 is 6.36 Å². The van der Waals surface area contributed by atoms with Crippen molar-refractivity contribution in [2.75, 3.05) is 12.8 Å². The van der Waals surface area contributed by atoms with E-state index in [9.17, 15) is 21.6 Å². The highest BCUT2D eigenvalue weighted by molar-refractivity contribution is 7.89. The topological polar surface area (TPSA) is 85.0 Å². The summed E-state index contributed by atoms with van der Waals surface area (Å²) in [6.07, 6.45) is -4.78. The third kappa shape index (κ3) is 3.95. The van der Waals surface area contributed by atoms with Crippen LogP contribution < -0.4 is 10.5 Å². The standard InChI is InChI=1S/C17H18F3N3O3S2/c1-10-7-13(11-5-4-6-12(8-11)26-17(18,19)20)27-14(10)16(2)9-28(24,25)23(3)15(21)22-16/h4-8H,9H2,1-3H3,(H2,21,22)/t16-/m0/s1. The second-order valence-corrected chi connectivity index (χ2v) is 9.72. The Morgan fingerprint density at radius 1 is 1.32 bits per heavy atom. The summed E-state index contributed by atoms with van der Waals surface area (Å²) in [6.45, 7) is 3.48. The Hall–Kier alpha value is -2.27. The summed E-state index contributed by atoms with van der Waals surface area (Å²) < 4.78 is 67.1. The molecule has 1 aliphatic rings. The molecule has 3 rings (SSSR count). The van der Waals surface area contributed by atoms with Gasteiger partial charge in [0.15, 0.2) is 0 Å². The quantitative estimate of drug-likeness (QED) is 0.804. The van der Waals surface area contributed by atoms with Crippen LogP contribution in [-0.2, 0) is 15.6 Å². The lowest BCUT2D eigenvalue weighted by Crippen LogP contribution is -2.50. The SMILES string of the molecule is Cc1cc(-c2cccc(OC(F)(F)F)c2)sc1[C@]1(C)CS(=O)(=O)N(C)C(N)=N1. The average molecular weight is 433 g/mol. The number of halogens is 3. The molecule has 0 unspecified atom stereocenters. The van der Waals surface area contributed by atoms with E-state index >= 15 is 0 Å². The maximum absolute atomic E-state index is 12.5. The number of ether oxygens (including phenoxy) is 1. The third-order valence-electron chi connectivity index (χ3n) is 4.32. The Morgan fingerprint density at radius 2 is 2.00 bits per heavy atom. The number of aliphatic imine (C=N–C) groups is 1. The van der Waals surface area contributed by atoms with Gasteiger partial charge < -0.3 is 10.5 Å². The van der Waals surface area contributed by atoms with Crippen molar-refractivity contribution in [2.45, 2.75) is 25.7 Å². The first kappa shape index (κ1) is 20.5. The van der Waals surface area contributed by atoms with Gasteiger partial charge in [-0.05, 0) is 43.2 Å². The third-order valence-corrected chi connectivity index (χ3v) is 7.81. The minimum atomic E-state index is -4.78. The van der Waals surface area contributed by atoms with Crippen LogP contribution in [0, 0.1) is 6.92 Å². The molecular formula is C17H18F3N3O3S2. The van der Waals surface area contributed by atoms with Crippen molar-refractivity contribution in [2.24, 2.45) is 10.7 Å². The molecule has 0 amide bonds. The monoisotopic (exact) mass is 433 g/mol. The van der Waals surface area contributed by atoms with E-state index in [2.05, 4.69) is 9.73 Å². The molecule has 11 heteroatoms. The normalized spacial score (nSPS) is 22.1. The summed E-state index contributed by atoms with van der Waals surface area (Å²) in [5.74, 6) is -0.688. The van der Waals surface area contributed by atoms with Gasteiger partial charge in [-0.2, -0.15) is 0 Å². The van der Waals surface area contributed by atoms with E-state index in [0.717, 1.165) is 9.87 Å². The Kier molecular flexibility index (Phi) is 4.87. The fourth-order valence-electron chi connectivity index (χ4n) is 3.07. The Balaban J connectivity index is 2.02. The number of benzene rings is 1. The first-order valence-electron chi connectivity index (χ1n) is 8.10. The minimum Gasteiger partial charge on any atom is -0.406 e. The minimum absolute atomic E-state index is 0.108. The number of alkyl halides is 3. The summed E-state index contributed by atoms with van der Waals surface area (Å²) >= 11 is 1.27. The molecule has 0 aliphatic carbocycles. The van der Waals surface area contributed by atoms with E-state index in [1.807, 2.05) is 0 Å². The molecule has 1 aliphatic heterocycles. The maximum Gasteiger partial charge on any atom is 0.573 e. The van der Waals surface area contributed by atoms with E-state index in [-0.39, 0.29) is 17.5 Å².